The maximum atomic E-state index is 11.9. The van der Waals surface area contributed by atoms with Gasteiger partial charge in [0, 0.05) is 38.5 Å². The van der Waals surface area contributed by atoms with Gasteiger partial charge in [-0.1, -0.05) is 0 Å². The summed E-state index contributed by atoms with van der Waals surface area (Å²) in [7, 11) is 1.45. The molecule has 1 heterocycles. The Hall–Kier alpha value is -1.63. The van der Waals surface area contributed by atoms with Gasteiger partial charge in [0.1, 0.15) is 6.10 Å². The monoisotopic (exact) mass is 313 g/mol. The molecule has 1 aliphatic rings. The molecule has 0 fully saturated rings. The second-order valence-electron chi connectivity index (χ2n) is 4.71. The zero-order valence-corrected chi connectivity index (χ0v) is 12.9. The molecule has 2 rings (SSSR count). The summed E-state index contributed by atoms with van der Waals surface area (Å²) in [6.07, 6.45) is 0.139. The number of hydrogen-bond acceptors (Lipinski definition) is 4. The highest BCUT2D eigenvalue weighted by Crippen LogP contribution is 2.30. The number of nitrogens with two attached hydrogens (primary N) is 1. The topological polar surface area (TPSA) is 84.7 Å². The number of hydrogen-bond donors (Lipinski definition) is 2. The average Bonchev–Trinajstić information content (AvgIpc) is 2.83. The van der Waals surface area contributed by atoms with E-state index >= 15 is 0 Å². The largest absolute Gasteiger partial charge is 0.370 e. The number of carbonyl (C=O) groups excluding carboxylic acids is 2. The summed E-state index contributed by atoms with van der Waals surface area (Å²) in [5.41, 5.74) is 8.11. The molecule has 2 amide bonds. The number of methoxy groups -OCH3 is 1. The lowest BCUT2D eigenvalue weighted by molar-refractivity contribution is -0.125. The molecule has 0 spiro atoms. The number of ether oxygens (including phenoxy) is 1. The smallest absolute Gasteiger partial charge is 0.254 e. The van der Waals surface area contributed by atoms with E-state index in [9.17, 15) is 9.59 Å². The number of nitrogens with zero attached hydrogens (tertiary/aromatic N) is 1. The molecule has 21 heavy (non-hydrogen) atoms. The van der Waals surface area contributed by atoms with Crippen LogP contribution in [0.25, 0.3) is 0 Å². The normalized spacial score (nSPS) is 14.1. The molecule has 0 aromatic heterocycles. The Bertz CT molecular complexity index is 532. The lowest BCUT2D eigenvalue weighted by Crippen LogP contribution is -2.35. The number of carbonyl (C=O) groups is 2. The second-order valence-corrected chi connectivity index (χ2v) is 4.71. The number of halogens is 1. The zero-order chi connectivity index (χ0) is 14.7. The van der Waals surface area contributed by atoms with Gasteiger partial charge in [-0.05, 0) is 30.2 Å². The molecule has 3 N–H and O–H groups in total. The van der Waals surface area contributed by atoms with Crippen LogP contribution in [0.4, 0.5) is 11.4 Å². The molecule has 1 atom stereocenters. The van der Waals surface area contributed by atoms with Crippen LogP contribution in [0, 0.1) is 0 Å². The zero-order valence-electron chi connectivity index (χ0n) is 12.1. The van der Waals surface area contributed by atoms with Gasteiger partial charge in [-0.25, -0.2) is 0 Å². The van der Waals surface area contributed by atoms with E-state index in [2.05, 4.69) is 5.32 Å². The molecular formula is C14H20ClN3O3. The van der Waals surface area contributed by atoms with Gasteiger partial charge in [-0.3, -0.25) is 9.59 Å². The summed E-state index contributed by atoms with van der Waals surface area (Å²) in [5.74, 6) is -0.237. The van der Waals surface area contributed by atoms with E-state index in [-0.39, 0.29) is 30.8 Å². The van der Waals surface area contributed by atoms with Crippen LogP contribution in [0.15, 0.2) is 18.2 Å². The van der Waals surface area contributed by atoms with Crippen molar-refractivity contribution in [1.82, 2.24) is 0 Å². The van der Waals surface area contributed by atoms with Crippen molar-refractivity contribution in [2.75, 3.05) is 30.4 Å². The Morgan fingerprint density at radius 2 is 2.19 bits per heavy atom. The van der Waals surface area contributed by atoms with Gasteiger partial charge in [0.2, 0.25) is 5.91 Å². The summed E-state index contributed by atoms with van der Waals surface area (Å²) in [6.45, 7) is 2.37. The molecule has 116 valence electrons. The first kappa shape index (κ1) is 17.4. The second kappa shape index (κ2) is 7.40. The highest BCUT2D eigenvalue weighted by atomic mass is 35.5. The minimum Gasteiger partial charge on any atom is -0.370 e. The molecule has 0 saturated heterocycles. The van der Waals surface area contributed by atoms with Crippen LogP contribution < -0.4 is 16.0 Å². The lowest BCUT2D eigenvalue weighted by atomic mass is 10.1. The minimum atomic E-state index is -0.656. The van der Waals surface area contributed by atoms with Crippen molar-refractivity contribution in [2.45, 2.75) is 19.4 Å². The van der Waals surface area contributed by atoms with E-state index in [1.54, 1.807) is 17.9 Å². The maximum Gasteiger partial charge on any atom is 0.254 e. The van der Waals surface area contributed by atoms with Crippen LogP contribution in [0.5, 0.6) is 0 Å². The van der Waals surface area contributed by atoms with Crippen molar-refractivity contribution < 1.29 is 14.3 Å². The van der Waals surface area contributed by atoms with Crippen LogP contribution in [0.3, 0.4) is 0 Å². The molecule has 0 saturated carbocycles. The highest BCUT2D eigenvalue weighted by molar-refractivity contribution is 5.96. The van der Waals surface area contributed by atoms with E-state index in [1.165, 1.54) is 7.11 Å². The van der Waals surface area contributed by atoms with Gasteiger partial charge < -0.3 is 20.7 Å². The molecule has 0 radical (unpaired) electrons. The van der Waals surface area contributed by atoms with E-state index in [4.69, 9.17) is 10.5 Å². The number of anilines is 2. The van der Waals surface area contributed by atoms with Gasteiger partial charge in [0.25, 0.3) is 5.91 Å². The predicted octanol–water partition coefficient (Wildman–Crippen LogP) is 0.930. The third-order valence-electron chi connectivity index (χ3n) is 3.41. The Kier molecular flexibility index (Phi) is 6.14. The van der Waals surface area contributed by atoms with Crippen molar-refractivity contribution in [1.29, 1.82) is 0 Å². The first-order valence-electron chi connectivity index (χ1n) is 6.51. The molecule has 1 aliphatic heterocycles. The Morgan fingerprint density at radius 1 is 1.48 bits per heavy atom. The molecule has 0 aliphatic carbocycles. The number of benzene rings is 1. The predicted molar refractivity (Wildman–Crippen MR) is 83.9 cm³/mol. The van der Waals surface area contributed by atoms with Crippen molar-refractivity contribution in [3.05, 3.63) is 23.8 Å². The third kappa shape index (κ3) is 3.72. The summed E-state index contributed by atoms with van der Waals surface area (Å²) in [4.78, 5) is 25.1. The highest BCUT2D eigenvalue weighted by Gasteiger charge is 2.23. The SMILES string of the molecule is COC(CN)C(=O)Nc1ccc2c(c1)CCN2C(C)=O.Cl. The Morgan fingerprint density at radius 3 is 2.76 bits per heavy atom. The van der Waals surface area contributed by atoms with E-state index in [0.717, 1.165) is 17.7 Å². The first-order valence-corrected chi connectivity index (χ1v) is 6.51. The third-order valence-corrected chi connectivity index (χ3v) is 3.41. The van der Waals surface area contributed by atoms with Gasteiger partial charge >= 0.3 is 0 Å². The quantitative estimate of drug-likeness (QED) is 0.866. The first-order chi connectivity index (χ1) is 9.56. The summed E-state index contributed by atoms with van der Waals surface area (Å²) >= 11 is 0. The lowest BCUT2D eigenvalue weighted by Gasteiger charge is -2.16. The van der Waals surface area contributed by atoms with Crippen molar-refractivity contribution in [3.63, 3.8) is 0 Å². The van der Waals surface area contributed by atoms with E-state index < -0.39 is 6.10 Å². The van der Waals surface area contributed by atoms with Crippen LogP contribution >= 0.6 is 12.4 Å². The fourth-order valence-corrected chi connectivity index (χ4v) is 2.34. The van der Waals surface area contributed by atoms with E-state index in [1.807, 2.05) is 12.1 Å². The minimum absolute atomic E-state index is 0. The molecule has 6 nitrogen and oxygen atoms in total. The fraction of sp³-hybridized carbons (Fsp3) is 0.429. The summed E-state index contributed by atoms with van der Waals surface area (Å²) < 4.78 is 4.98. The summed E-state index contributed by atoms with van der Waals surface area (Å²) in [6, 6.07) is 5.52. The van der Waals surface area contributed by atoms with E-state index in [0.29, 0.717) is 12.2 Å². The van der Waals surface area contributed by atoms with Crippen LogP contribution in [0.2, 0.25) is 0 Å². The van der Waals surface area contributed by atoms with Crippen LogP contribution in [0.1, 0.15) is 12.5 Å². The van der Waals surface area contributed by atoms with Crippen LogP contribution in [-0.4, -0.2) is 38.1 Å². The molecule has 1 aromatic rings. The maximum absolute atomic E-state index is 11.9. The molecule has 1 unspecified atom stereocenters. The molecule has 7 heteroatoms. The standard InChI is InChI=1S/C14H19N3O3.ClH/c1-9(18)17-6-5-10-7-11(3-4-12(10)17)16-14(19)13(8-15)20-2;/h3-4,7,13H,5-6,8,15H2,1-2H3,(H,16,19);1H. The number of nitrogens with one attached hydrogen (secondary N) is 1. The van der Waals surface area contributed by atoms with Crippen molar-refractivity contribution in [3.8, 4) is 0 Å². The van der Waals surface area contributed by atoms with Gasteiger partial charge in [0.15, 0.2) is 0 Å². The Labute approximate surface area is 130 Å². The Balaban J connectivity index is 0.00000220. The average molecular weight is 314 g/mol. The van der Waals surface area contributed by atoms with Gasteiger partial charge in [-0.2, -0.15) is 0 Å². The molecule has 1 aromatic carbocycles. The number of rotatable bonds is 4. The van der Waals surface area contributed by atoms with Crippen LogP contribution in [-0.2, 0) is 20.7 Å². The van der Waals surface area contributed by atoms with Crippen molar-refractivity contribution in [2.24, 2.45) is 5.73 Å². The summed E-state index contributed by atoms with van der Waals surface area (Å²) in [5, 5.41) is 2.77. The number of fused-ring (bicyclic) bond motifs is 1. The van der Waals surface area contributed by atoms with Crippen molar-refractivity contribution >= 4 is 35.6 Å². The molecular weight excluding hydrogens is 294 g/mol. The fourth-order valence-electron chi connectivity index (χ4n) is 2.34. The van der Waals surface area contributed by atoms with Gasteiger partial charge in [0.05, 0.1) is 0 Å². The van der Waals surface area contributed by atoms with Gasteiger partial charge in [-0.15, -0.1) is 12.4 Å². The molecule has 0 bridgehead atoms. The number of amides is 2.